The number of ether oxygens (including phenoxy) is 1. The van der Waals surface area contributed by atoms with E-state index in [2.05, 4.69) is 31.9 Å². The van der Waals surface area contributed by atoms with E-state index in [0.29, 0.717) is 93.8 Å². The van der Waals surface area contributed by atoms with E-state index in [9.17, 15) is 43.8 Å². The molecule has 87 heavy (non-hydrogen) atoms. The highest BCUT2D eigenvalue weighted by atomic mass is 32.1. The van der Waals surface area contributed by atoms with Crippen LogP contribution in [0.5, 0.6) is 0 Å². The molecule has 10 bridgehead atoms. The summed E-state index contributed by atoms with van der Waals surface area (Å²) in [5.41, 5.74) is 0.909. The average molecular weight is 1290 g/mol. The molecule has 6 amide bonds. The molecular weight excluding hydrogens is 1230 g/mol. The van der Waals surface area contributed by atoms with E-state index >= 15 is 0 Å². The highest BCUT2D eigenvalue weighted by Crippen LogP contribution is 2.41. The van der Waals surface area contributed by atoms with Gasteiger partial charge in [0, 0.05) is 51.5 Å². The second kappa shape index (κ2) is 27.2. The van der Waals surface area contributed by atoms with Gasteiger partial charge in [0.25, 0.3) is 17.7 Å². The molecule has 29 heteroatoms. The van der Waals surface area contributed by atoms with Crippen LogP contribution >= 0.6 is 68.0 Å². The maximum atomic E-state index is 14.3. The number of aryl methyl sites for hydroxylation is 1. The quantitative estimate of drug-likeness (QED) is 0.0473. The number of fused-ring (bicyclic) bond motifs is 14. The molecule has 1 aromatic carbocycles. The summed E-state index contributed by atoms with van der Waals surface area (Å²) in [4.78, 5) is 130. The van der Waals surface area contributed by atoms with Gasteiger partial charge in [-0.2, -0.15) is 0 Å². The Balaban J connectivity index is 1.10. The fourth-order valence-corrected chi connectivity index (χ4v) is 14.6. The summed E-state index contributed by atoms with van der Waals surface area (Å²) in [6.45, 7) is 11.9. The molecule has 0 unspecified atom stereocenters. The number of methoxy groups -OCH3 is 1. The zero-order valence-corrected chi connectivity index (χ0v) is 53.6. The van der Waals surface area contributed by atoms with Crippen LogP contribution < -0.4 is 31.9 Å². The number of carbonyl (C=O) groups is 7. The number of anilines is 1. The Hall–Kier alpha value is -7.64. The number of carboxylic acid groups (broad SMARTS) is 1. The molecule has 0 aliphatic carbocycles. The Labute approximate surface area is 524 Å². The van der Waals surface area contributed by atoms with Crippen LogP contribution in [-0.2, 0) is 30.5 Å². The normalized spacial score (nSPS) is 16.5. The number of carbonyl (C=O) groups excluding carboxylic acids is 6. The number of pyridine rings is 1. The SMILES string of the molecule is CNC(=O)C[C@@H]1NC(=O)c2csc(n2)-c2ccc(-c3nc(NC(=O)C(C)(C)CCCC(C)(C)C(=O)O)cs3)nc2-c2csc(n2)-c2csc(n2)[C@H]([C@@H](O)c2ccccc2)NC(=O)CNC(=O)c2nc(sc2COC)[C@@H](C(C)C)NC(=O)c2nc1sc2C. The first-order chi connectivity index (χ1) is 41.4. The van der Waals surface area contributed by atoms with Crippen LogP contribution in [0.4, 0.5) is 5.82 Å². The molecule has 0 saturated heterocycles. The molecular formula is C58H63N13O10S6. The van der Waals surface area contributed by atoms with E-state index in [1.807, 2.05) is 13.8 Å². The minimum absolute atomic E-state index is 0.00111. The lowest BCUT2D eigenvalue weighted by atomic mass is 9.81. The largest absolute Gasteiger partial charge is 0.481 e. The third kappa shape index (κ3) is 14.9. The minimum Gasteiger partial charge on any atom is -0.481 e. The van der Waals surface area contributed by atoms with Crippen LogP contribution in [0.25, 0.3) is 43.4 Å². The van der Waals surface area contributed by atoms with Crippen molar-refractivity contribution >= 4 is 115 Å². The zero-order chi connectivity index (χ0) is 62.5. The molecule has 8 heterocycles. The lowest BCUT2D eigenvalue weighted by Gasteiger charge is -2.25. The Bertz CT molecular complexity index is 3860. The molecule has 9 rings (SSSR count). The Kier molecular flexibility index (Phi) is 19.9. The summed E-state index contributed by atoms with van der Waals surface area (Å²) >= 11 is 7.18. The monoisotopic (exact) mass is 1290 g/mol. The molecule has 0 radical (unpaired) electrons. The number of aliphatic carboxylic acids is 1. The maximum Gasteiger partial charge on any atom is 0.309 e. The highest BCUT2D eigenvalue weighted by Gasteiger charge is 2.35. The van der Waals surface area contributed by atoms with Crippen LogP contribution in [0.2, 0.25) is 0 Å². The number of aliphatic hydroxyl groups excluding tert-OH is 1. The van der Waals surface area contributed by atoms with E-state index in [1.165, 1.54) is 70.8 Å². The van der Waals surface area contributed by atoms with E-state index in [4.69, 9.17) is 39.6 Å². The van der Waals surface area contributed by atoms with Gasteiger partial charge in [-0.3, -0.25) is 33.6 Å². The van der Waals surface area contributed by atoms with Crippen molar-refractivity contribution in [2.24, 2.45) is 16.7 Å². The average Bonchev–Trinajstić information content (AvgIpc) is 1.97. The smallest absolute Gasteiger partial charge is 0.309 e. The molecule has 7 aromatic heterocycles. The molecule has 8 aromatic rings. The number of benzene rings is 1. The molecule has 1 aliphatic rings. The van der Waals surface area contributed by atoms with Gasteiger partial charge in [-0.15, -0.1) is 68.0 Å². The molecule has 4 atom stereocenters. The minimum atomic E-state index is -1.28. The van der Waals surface area contributed by atoms with Crippen molar-refractivity contribution in [1.29, 1.82) is 0 Å². The van der Waals surface area contributed by atoms with Gasteiger partial charge < -0.3 is 46.9 Å². The summed E-state index contributed by atoms with van der Waals surface area (Å²) in [6, 6.07) is 9.49. The van der Waals surface area contributed by atoms with Crippen LogP contribution in [0.15, 0.2) is 64.0 Å². The van der Waals surface area contributed by atoms with Crippen LogP contribution in [-0.4, -0.2) is 107 Å². The number of thiazole rings is 6. The van der Waals surface area contributed by atoms with E-state index in [-0.39, 0.29) is 46.9 Å². The fraction of sp³-hybridized carbons (Fsp3) is 0.379. The number of aromatic nitrogens is 7. The van der Waals surface area contributed by atoms with Gasteiger partial charge in [0.15, 0.2) is 0 Å². The number of nitrogens with zero attached hydrogens (tertiary/aromatic N) is 7. The second-order valence-electron chi connectivity index (χ2n) is 22.1. The lowest BCUT2D eigenvalue weighted by molar-refractivity contribution is -0.147. The van der Waals surface area contributed by atoms with Gasteiger partial charge in [0.05, 0.1) is 47.6 Å². The van der Waals surface area contributed by atoms with Crippen LogP contribution in [0, 0.1) is 23.7 Å². The van der Waals surface area contributed by atoms with Crippen molar-refractivity contribution in [3.05, 3.63) is 111 Å². The van der Waals surface area contributed by atoms with E-state index < -0.39 is 77.1 Å². The van der Waals surface area contributed by atoms with Crippen molar-refractivity contribution < 1.29 is 48.5 Å². The number of rotatable bonds is 15. The maximum absolute atomic E-state index is 14.3. The Morgan fingerprint density at radius 1 is 0.690 bits per heavy atom. The van der Waals surface area contributed by atoms with Gasteiger partial charge in [-0.1, -0.05) is 64.4 Å². The first-order valence-electron chi connectivity index (χ1n) is 27.4. The first kappa shape index (κ1) is 63.9. The van der Waals surface area contributed by atoms with Crippen LogP contribution in [0.1, 0.15) is 153 Å². The van der Waals surface area contributed by atoms with Gasteiger partial charge in [0.2, 0.25) is 17.7 Å². The van der Waals surface area contributed by atoms with Gasteiger partial charge in [0.1, 0.15) is 82.2 Å². The second-order valence-corrected chi connectivity index (χ2v) is 27.9. The molecule has 1 aliphatic heterocycles. The van der Waals surface area contributed by atoms with Crippen molar-refractivity contribution in [3.8, 4) is 43.4 Å². The molecule has 8 N–H and O–H groups in total. The molecule has 0 spiro atoms. The molecule has 0 fully saturated rings. The summed E-state index contributed by atoms with van der Waals surface area (Å²) < 4.78 is 5.45. The summed E-state index contributed by atoms with van der Waals surface area (Å²) in [7, 11) is 2.94. The van der Waals surface area contributed by atoms with Crippen molar-refractivity contribution in [2.75, 3.05) is 26.0 Å². The third-order valence-electron chi connectivity index (χ3n) is 14.3. The standard InChI is InChI=1S/C58H63N13O10S6/c1-27(2)40-54-71-43(36(87-54)22-81-9)47(76)60-21-39(73)68-44(45(74)29-14-11-10-12-15-29)53-65-35(25-84-53)51-63-33(23-83-51)42-30(16-17-31(61-42)50-66-37(26-85-50)67-55(78)57(4,5)18-13-19-58(6,7)56(79)80)49-64-34(24-82-49)46(75)62-32(20-38(72)59-8)52-70-41(28(3)86-52)48(77)69-40/h10-12,14-17,23-27,32,40,44-45,74H,13,18-22H2,1-9H3,(H,59,72)(H,60,76)(H,62,75)(H,67,78)(H,68,73)(H,69,77)(H,79,80)/t32-,40+,44-,45-/m0/s1. The third-order valence-corrected chi connectivity index (χ3v) is 20.0. The van der Waals surface area contributed by atoms with E-state index in [0.717, 1.165) is 11.3 Å². The molecule has 23 nitrogen and oxygen atoms in total. The Morgan fingerprint density at radius 2 is 1.37 bits per heavy atom. The first-order valence-corrected chi connectivity index (χ1v) is 32.6. The predicted molar refractivity (Wildman–Crippen MR) is 335 cm³/mol. The van der Waals surface area contributed by atoms with Gasteiger partial charge >= 0.3 is 5.97 Å². The van der Waals surface area contributed by atoms with Crippen molar-refractivity contribution in [1.82, 2.24) is 61.5 Å². The van der Waals surface area contributed by atoms with Gasteiger partial charge in [-0.25, -0.2) is 34.9 Å². The van der Waals surface area contributed by atoms with Gasteiger partial charge in [-0.05, 0) is 57.2 Å². The zero-order valence-electron chi connectivity index (χ0n) is 48.7. The fourth-order valence-electron chi connectivity index (χ4n) is 9.12. The van der Waals surface area contributed by atoms with E-state index in [1.54, 1.807) is 98.6 Å². The number of hydrogen-bond donors (Lipinski definition) is 8. The van der Waals surface area contributed by atoms with Crippen molar-refractivity contribution in [2.45, 2.75) is 105 Å². The summed E-state index contributed by atoms with van der Waals surface area (Å²) in [6.07, 6.45) is -0.146. The summed E-state index contributed by atoms with van der Waals surface area (Å²) in [5, 5.41) is 47.7. The topological polar surface area (TPSA) is 332 Å². The van der Waals surface area contributed by atoms with Crippen LogP contribution in [0.3, 0.4) is 0 Å². The number of aliphatic hydroxyl groups is 1. The predicted octanol–water partition coefficient (Wildman–Crippen LogP) is 9.56. The Morgan fingerprint density at radius 3 is 2.09 bits per heavy atom. The lowest BCUT2D eigenvalue weighted by Crippen LogP contribution is -2.40. The number of hydrogen-bond acceptors (Lipinski definition) is 22. The highest BCUT2D eigenvalue weighted by molar-refractivity contribution is 7.15. The molecule has 0 saturated carbocycles. The molecule has 456 valence electrons. The number of carboxylic acids is 1. The number of nitrogens with one attached hydrogen (secondary N) is 6. The van der Waals surface area contributed by atoms with Crippen molar-refractivity contribution in [3.63, 3.8) is 0 Å². The summed E-state index contributed by atoms with van der Waals surface area (Å²) in [5.74, 6) is -4.04. The number of amides is 6.